The first-order valence-electron chi connectivity index (χ1n) is 8.93. The summed E-state index contributed by atoms with van der Waals surface area (Å²) in [6, 6.07) is 2.14. The third kappa shape index (κ3) is 4.06. The van der Waals surface area contributed by atoms with Gasteiger partial charge in [0.15, 0.2) is 0 Å². The molecule has 1 aromatic rings. The van der Waals surface area contributed by atoms with E-state index in [1.54, 1.807) is 4.31 Å². The number of hydrogen-bond donors (Lipinski definition) is 1. The molecule has 1 amide bonds. The van der Waals surface area contributed by atoms with E-state index >= 15 is 0 Å². The van der Waals surface area contributed by atoms with Crippen molar-refractivity contribution in [1.82, 2.24) is 9.62 Å². The van der Waals surface area contributed by atoms with E-state index in [9.17, 15) is 13.2 Å². The number of piperidine rings is 1. The van der Waals surface area contributed by atoms with E-state index in [-0.39, 0.29) is 17.9 Å². The molecule has 0 spiro atoms. The summed E-state index contributed by atoms with van der Waals surface area (Å²) in [5, 5.41) is 2.92. The molecule has 1 aromatic carbocycles. The monoisotopic (exact) mass is 366 g/mol. The highest BCUT2D eigenvalue weighted by Gasteiger charge is 2.34. The van der Waals surface area contributed by atoms with E-state index in [0.29, 0.717) is 30.8 Å². The maximum atomic E-state index is 13.2. The number of hydrogen-bond acceptors (Lipinski definition) is 3. The number of amides is 1. The van der Waals surface area contributed by atoms with Crippen molar-refractivity contribution in [2.75, 3.05) is 13.1 Å². The predicted molar refractivity (Wildman–Crippen MR) is 100 cm³/mol. The molecule has 0 radical (unpaired) electrons. The van der Waals surface area contributed by atoms with Crippen molar-refractivity contribution in [3.63, 3.8) is 0 Å². The van der Waals surface area contributed by atoms with Gasteiger partial charge in [0.1, 0.15) is 0 Å². The molecule has 0 unspecified atom stereocenters. The standard InChI is InChI=1S/C19H30N2O3S/c1-12(2)20-19(22)17-7-9-21(10-8-17)25(23,24)18-15(5)13(3)11-14(4)16(18)6/h11-12,17H,7-10H2,1-6H3,(H,20,22). The Morgan fingerprint density at radius 2 is 1.56 bits per heavy atom. The highest BCUT2D eigenvalue weighted by Crippen LogP contribution is 2.31. The Bertz CT molecular complexity index is 735. The second-order valence-corrected chi connectivity index (χ2v) is 9.31. The van der Waals surface area contributed by atoms with Gasteiger partial charge in [0.2, 0.25) is 15.9 Å². The van der Waals surface area contributed by atoms with E-state index in [1.807, 2.05) is 47.6 Å². The topological polar surface area (TPSA) is 66.5 Å². The van der Waals surface area contributed by atoms with Gasteiger partial charge in [-0.25, -0.2) is 8.42 Å². The van der Waals surface area contributed by atoms with E-state index in [2.05, 4.69) is 5.32 Å². The smallest absolute Gasteiger partial charge is 0.243 e. The van der Waals surface area contributed by atoms with Crippen LogP contribution in [0.1, 0.15) is 48.9 Å². The molecule has 6 heteroatoms. The molecule has 1 fully saturated rings. The first-order valence-corrected chi connectivity index (χ1v) is 10.4. The number of benzene rings is 1. The van der Waals surface area contributed by atoms with Gasteiger partial charge in [0, 0.05) is 25.0 Å². The SMILES string of the molecule is Cc1cc(C)c(C)c(S(=O)(=O)N2CCC(C(=O)NC(C)C)CC2)c1C. The Balaban J connectivity index is 2.23. The van der Waals surface area contributed by atoms with Crippen LogP contribution < -0.4 is 5.32 Å². The molecular formula is C19H30N2O3S. The minimum atomic E-state index is -3.54. The first-order chi connectivity index (χ1) is 11.6. The summed E-state index contributed by atoms with van der Waals surface area (Å²) < 4.78 is 28.0. The van der Waals surface area contributed by atoms with Gasteiger partial charge >= 0.3 is 0 Å². The molecule has 140 valence electrons. The van der Waals surface area contributed by atoms with Gasteiger partial charge in [-0.2, -0.15) is 4.31 Å². The highest BCUT2D eigenvalue weighted by molar-refractivity contribution is 7.89. The molecule has 0 atom stereocenters. The molecule has 1 saturated heterocycles. The zero-order chi connectivity index (χ0) is 18.9. The van der Waals surface area contributed by atoms with Crippen molar-refractivity contribution in [3.05, 3.63) is 28.3 Å². The van der Waals surface area contributed by atoms with Crippen LogP contribution in [0.2, 0.25) is 0 Å². The fraction of sp³-hybridized carbons (Fsp3) is 0.632. The maximum absolute atomic E-state index is 13.2. The summed E-state index contributed by atoms with van der Waals surface area (Å²) in [4.78, 5) is 12.6. The Morgan fingerprint density at radius 3 is 2.00 bits per heavy atom. The lowest BCUT2D eigenvalue weighted by Crippen LogP contribution is -2.44. The van der Waals surface area contributed by atoms with Gasteiger partial charge in [0.25, 0.3) is 0 Å². The highest BCUT2D eigenvalue weighted by atomic mass is 32.2. The molecule has 25 heavy (non-hydrogen) atoms. The predicted octanol–water partition coefficient (Wildman–Crippen LogP) is 2.85. The summed E-state index contributed by atoms with van der Waals surface area (Å²) in [6.45, 7) is 12.3. The minimum absolute atomic E-state index is 0.0332. The fourth-order valence-electron chi connectivity index (χ4n) is 3.46. The maximum Gasteiger partial charge on any atom is 0.243 e. The van der Waals surface area contributed by atoms with Crippen LogP contribution >= 0.6 is 0 Å². The van der Waals surface area contributed by atoms with Gasteiger partial charge in [0.05, 0.1) is 4.90 Å². The summed E-state index contributed by atoms with van der Waals surface area (Å²) in [5.41, 5.74) is 3.63. The van der Waals surface area contributed by atoms with Crippen LogP contribution in [0.15, 0.2) is 11.0 Å². The van der Waals surface area contributed by atoms with E-state index in [4.69, 9.17) is 0 Å². The van der Waals surface area contributed by atoms with Gasteiger partial charge in [-0.05, 0) is 76.6 Å². The number of aryl methyl sites for hydroxylation is 2. The molecule has 1 aliphatic heterocycles. The van der Waals surface area contributed by atoms with Crippen LogP contribution in [-0.4, -0.2) is 37.8 Å². The van der Waals surface area contributed by atoms with Crippen LogP contribution in [-0.2, 0) is 14.8 Å². The molecule has 0 saturated carbocycles. The van der Waals surface area contributed by atoms with Crippen LogP contribution in [0.5, 0.6) is 0 Å². The van der Waals surface area contributed by atoms with E-state index in [0.717, 1.165) is 22.3 Å². The number of rotatable bonds is 4. The molecule has 1 N–H and O–H groups in total. The number of carbonyl (C=O) groups is 1. The lowest BCUT2D eigenvalue weighted by atomic mass is 9.97. The van der Waals surface area contributed by atoms with Crippen molar-refractivity contribution in [2.24, 2.45) is 5.92 Å². The number of sulfonamides is 1. The molecular weight excluding hydrogens is 336 g/mol. The molecule has 0 aromatic heterocycles. The number of carbonyl (C=O) groups excluding carboxylic acids is 1. The van der Waals surface area contributed by atoms with Crippen LogP contribution in [0, 0.1) is 33.6 Å². The van der Waals surface area contributed by atoms with Gasteiger partial charge in [-0.3, -0.25) is 4.79 Å². The number of nitrogens with one attached hydrogen (secondary N) is 1. The normalized spacial score (nSPS) is 17.1. The molecule has 0 bridgehead atoms. The molecule has 5 nitrogen and oxygen atoms in total. The van der Waals surface area contributed by atoms with Crippen molar-refractivity contribution in [1.29, 1.82) is 0 Å². The summed E-state index contributed by atoms with van der Waals surface area (Å²) in [6.07, 6.45) is 1.14. The molecule has 1 aliphatic rings. The summed E-state index contributed by atoms with van der Waals surface area (Å²) >= 11 is 0. The minimum Gasteiger partial charge on any atom is -0.354 e. The molecule has 0 aliphatic carbocycles. The van der Waals surface area contributed by atoms with Crippen LogP contribution in [0.3, 0.4) is 0 Å². The quantitative estimate of drug-likeness (QED) is 0.891. The third-order valence-corrected chi connectivity index (χ3v) is 7.32. The second-order valence-electron chi connectivity index (χ2n) is 7.43. The Morgan fingerprint density at radius 1 is 1.08 bits per heavy atom. The zero-order valence-electron chi connectivity index (χ0n) is 16.1. The second kappa shape index (κ2) is 7.46. The third-order valence-electron chi connectivity index (χ3n) is 5.15. The van der Waals surface area contributed by atoms with Gasteiger partial charge < -0.3 is 5.32 Å². The molecule has 1 heterocycles. The average Bonchev–Trinajstić information content (AvgIpc) is 2.52. The van der Waals surface area contributed by atoms with Crippen molar-refractivity contribution >= 4 is 15.9 Å². The van der Waals surface area contributed by atoms with Crippen molar-refractivity contribution in [2.45, 2.75) is 65.3 Å². The molecule has 2 rings (SSSR count). The summed E-state index contributed by atoms with van der Waals surface area (Å²) in [5.74, 6) is -0.0684. The van der Waals surface area contributed by atoms with Crippen LogP contribution in [0.25, 0.3) is 0 Å². The first kappa shape index (κ1) is 19.9. The lowest BCUT2D eigenvalue weighted by Gasteiger charge is -2.32. The van der Waals surface area contributed by atoms with Crippen molar-refractivity contribution < 1.29 is 13.2 Å². The lowest BCUT2D eigenvalue weighted by molar-refractivity contribution is -0.126. The van der Waals surface area contributed by atoms with Crippen molar-refractivity contribution in [3.8, 4) is 0 Å². The zero-order valence-corrected chi connectivity index (χ0v) is 17.0. The average molecular weight is 367 g/mol. The van der Waals surface area contributed by atoms with E-state index in [1.165, 1.54) is 0 Å². The van der Waals surface area contributed by atoms with Gasteiger partial charge in [-0.15, -0.1) is 0 Å². The Kier molecular flexibility index (Phi) is 5.94. The van der Waals surface area contributed by atoms with Crippen LogP contribution in [0.4, 0.5) is 0 Å². The largest absolute Gasteiger partial charge is 0.354 e. The van der Waals surface area contributed by atoms with Gasteiger partial charge in [-0.1, -0.05) is 6.07 Å². The summed E-state index contributed by atoms with van der Waals surface area (Å²) in [7, 11) is -3.54. The Labute approximate surface area is 151 Å². The fourth-order valence-corrected chi connectivity index (χ4v) is 5.50. The van der Waals surface area contributed by atoms with E-state index < -0.39 is 10.0 Å². The number of nitrogens with zero attached hydrogens (tertiary/aromatic N) is 1. The Hall–Kier alpha value is -1.40.